The second kappa shape index (κ2) is 12.4. The number of aromatic nitrogens is 1. The summed E-state index contributed by atoms with van der Waals surface area (Å²) in [5.74, 6) is 2.91. The Kier molecular flexibility index (Phi) is 8.31. The van der Waals surface area contributed by atoms with Gasteiger partial charge in [0.05, 0.1) is 18.8 Å². The molecular weight excluding hydrogens is 574 g/mol. The fourth-order valence-corrected chi connectivity index (χ4v) is 9.47. The number of hydrogen-bond donors (Lipinski definition) is 3. The van der Waals surface area contributed by atoms with Gasteiger partial charge < -0.3 is 30.4 Å². The number of amides is 2. The van der Waals surface area contributed by atoms with E-state index in [1.807, 2.05) is 60.7 Å². The zero-order chi connectivity index (χ0) is 30.3. The van der Waals surface area contributed by atoms with Crippen molar-refractivity contribution in [1.29, 1.82) is 0 Å². The van der Waals surface area contributed by atoms with Gasteiger partial charge in [-0.3, -0.25) is 0 Å². The van der Waals surface area contributed by atoms with Gasteiger partial charge >= 0.3 is 6.03 Å². The minimum atomic E-state index is -0.621. The molecule has 44 heavy (non-hydrogen) atoms. The minimum absolute atomic E-state index is 0.0109. The van der Waals surface area contributed by atoms with Crippen LogP contribution in [0.4, 0.5) is 10.5 Å². The van der Waals surface area contributed by atoms with Gasteiger partial charge in [0, 0.05) is 40.6 Å². The lowest BCUT2D eigenvalue weighted by Crippen LogP contribution is -2.60. The van der Waals surface area contributed by atoms with Crippen LogP contribution in [0.3, 0.4) is 0 Å². The quantitative estimate of drug-likeness (QED) is 0.152. The number of ether oxygens (including phenoxy) is 2. The number of carbonyl (C=O) groups is 1. The summed E-state index contributed by atoms with van der Waals surface area (Å²) in [6.45, 7) is 2.09. The Morgan fingerprint density at radius 2 is 1.61 bits per heavy atom. The zero-order valence-corrected chi connectivity index (χ0v) is 25.9. The van der Waals surface area contributed by atoms with Gasteiger partial charge in [0.1, 0.15) is 0 Å². The van der Waals surface area contributed by atoms with Crippen LogP contribution in [0.1, 0.15) is 74.5 Å². The first-order valence-corrected chi connectivity index (χ1v) is 16.9. The highest BCUT2D eigenvalue weighted by atomic mass is 32.2. The molecule has 1 aliphatic heterocycles. The third kappa shape index (κ3) is 6.20. The summed E-state index contributed by atoms with van der Waals surface area (Å²) in [6.07, 6.45) is 7.81. The largest absolute Gasteiger partial charge is 0.618 e. The number of rotatable bonds is 8. The molecule has 5 fully saturated rings. The van der Waals surface area contributed by atoms with Crippen LogP contribution in [0.5, 0.6) is 0 Å². The molecule has 1 saturated heterocycles. The predicted octanol–water partition coefficient (Wildman–Crippen LogP) is 6.49. The second-order valence-electron chi connectivity index (χ2n) is 13.4. The Hall–Kier alpha value is -3.11. The van der Waals surface area contributed by atoms with Crippen LogP contribution in [0.25, 0.3) is 0 Å². The summed E-state index contributed by atoms with van der Waals surface area (Å²) >= 11 is 1.47. The summed E-state index contributed by atoms with van der Waals surface area (Å²) < 4.78 is 14.0. The van der Waals surface area contributed by atoms with E-state index in [0.717, 1.165) is 64.1 Å². The van der Waals surface area contributed by atoms with Crippen molar-refractivity contribution in [2.75, 3.05) is 11.1 Å². The van der Waals surface area contributed by atoms with Gasteiger partial charge in [-0.05, 0) is 85.6 Å². The van der Waals surface area contributed by atoms with Crippen molar-refractivity contribution in [3.05, 3.63) is 94.8 Å². The molecule has 2 amide bonds. The first-order valence-electron chi connectivity index (χ1n) is 15.9. The Labute approximate surface area is 263 Å². The van der Waals surface area contributed by atoms with E-state index in [-0.39, 0.29) is 36.3 Å². The predicted molar refractivity (Wildman–Crippen MR) is 169 cm³/mol. The van der Waals surface area contributed by atoms with E-state index in [1.165, 1.54) is 37.2 Å². The van der Waals surface area contributed by atoms with Crippen molar-refractivity contribution < 1.29 is 24.1 Å². The maximum absolute atomic E-state index is 13.1. The molecule has 1 aromatic heterocycles. The molecule has 8 rings (SSSR count). The lowest BCUT2D eigenvalue weighted by molar-refractivity contribution is -0.645. The summed E-state index contributed by atoms with van der Waals surface area (Å²) in [4.78, 5) is 13.1. The number of hydrogen-bond acceptors (Lipinski definition) is 6. The molecule has 5 aliphatic rings. The van der Waals surface area contributed by atoms with E-state index in [2.05, 4.69) is 17.6 Å². The lowest BCUT2D eigenvalue weighted by atomic mass is 9.53. The monoisotopic (exact) mass is 615 g/mol. The van der Waals surface area contributed by atoms with Crippen molar-refractivity contribution in [2.24, 2.45) is 23.7 Å². The molecule has 0 spiro atoms. The van der Waals surface area contributed by atoms with Crippen LogP contribution in [0.2, 0.25) is 0 Å². The molecular formula is C35H41N3O5S. The topological polar surface area (TPSA) is 107 Å². The SMILES string of the molecule is C[C@H]1[C@@H](CSc2cccc[n+]2[O-])O[C@@H](c2ccc(NC(=O)NC34CC5CC(CC(C5)C3)C4)cc2)O[C@H]1c1ccc(CO)cc1. The number of aliphatic hydroxyl groups excluding tert-OH is 1. The fraction of sp³-hybridized carbons (Fsp3) is 0.486. The number of urea groups is 1. The molecule has 0 unspecified atom stereocenters. The molecule has 2 heterocycles. The normalized spacial score (nSPS) is 32.4. The first-order chi connectivity index (χ1) is 21.4. The number of carbonyl (C=O) groups excluding carboxylic acids is 1. The summed E-state index contributed by atoms with van der Waals surface area (Å²) in [5, 5.41) is 28.9. The summed E-state index contributed by atoms with van der Waals surface area (Å²) in [5.41, 5.74) is 3.40. The molecule has 8 nitrogen and oxygen atoms in total. The van der Waals surface area contributed by atoms with Crippen LogP contribution in [0.15, 0.2) is 78.0 Å². The van der Waals surface area contributed by atoms with E-state index >= 15 is 0 Å². The number of aliphatic hydroxyl groups is 1. The van der Waals surface area contributed by atoms with Gasteiger partial charge in [-0.2, -0.15) is 4.73 Å². The molecule has 9 heteroatoms. The Morgan fingerprint density at radius 1 is 0.955 bits per heavy atom. The van der Waals surface area contributed by atoms with Crippen molar-refractivity contribution in [2.45, 2.75) is 81.1 Å². The Balaban J connectivity index is 1.04. The highest BCUT2D eigenvalue weighted by molar-refractivity contribution is 7.99. The lowest BCUT2D eigenvalue weighted by Gasteiger charge is -2.56. The van der Waals surface area contributed by atoms with E-state index in [9.17, 15) is 15.1 Å². The highest BCUT2D eigenvalue weighted by Gasteiger charge is 2.51. The molecule has 4 aliphatic carbocycles. The standard InChI is InChI=1S/C35H41N3O5S/c1-22-30(21-44-31-4-2-3-13-38(31)41)42-33(43-32(22)27-7-5-23(20-39)6-8-27)28-9-11-29(12-10-28)36-34(40)37-35-17-24-14-25(18-35)16-26(15-24)19-35/h2-13,22,24-26,30,32-33,39H,14-21H2,1H3,(H2,36,37,40)/t22-,24?,25?,26?,30+,32+,33+,35?/m0/s1. The number of anilines is 1. The average Bonchev–Trinajstić information content (AvgIpc) is 3.01. The van der Waals surface area contributed by atoms with E-state index < -0.39 is 6.29 Å². The molecule has 4 saturated carbocycles. The number of pyridine rings is 1. The average molecular weight is 616 g/mol. The summed E-state index contributed by atoms with van der Waals surface area (Å²) in [6, 6.07) is 20.8. The number of benzene rings is 2. The molecule has 4 bridgehead atoms. The van der Waals surface area contributed by atoms with Crippen LogP contribution in [-0.2, 0) is 16.1 Å². The second-order valence-corrected chi connectivity index (χ2v) is 14.4. The molecule has 3 aromatic rings. The molecule has 2 aromatic carbocycles. The molecule has 4 atom stereocenters. The minimum Gasteiger partial charge on any atom is -0.618 e. The first kappa shape index (κ1) is 29.6. The van der Waals surface area contributed by atoms with Crippen LogP contribution in [0, 0.1) is 28.9 Å². The van der Waals surface area contributed by atoms with Crippen LogP contribution >= 0.6 is 11.8 Å². The third-order valence-electron chi connectivity index (χ3n) is 10.2. The van der Waals surface area contributed by atoms with Gasteiger partial charge in [-0.15, -0.1) is 0 Å². The van der Waals surface area contributed by atoms with E-state index in [4.69, 9.17) is 9.47 Å². The number of nitrogens with one attached hydrogen (secondary N) is 2. The van der Waals surface area contributed by atoms with Crippen LogP contribution in [-0.4, -0.2) is 28.5 Å². The molecule has 232 valence electrons. The van der Waals surface area contributed by atoms with Gasteiger partial charge in [-0.25, -0.2) is 4.79 Å². The zero-order valence-electron chi connectivity index (χ0n) is 25.1. The smallest absolute Gasteiger partial charge is 0.319 e. The number of thioether (sulfide) groups is 1. The third-order valence-corrected chi connectivity index (χ3v) is 11.3. The fourth-order valence-electron chi connectivity index (χ4n) is 8.39. The Bertz CT molecular complexity index is 1430. The number of nitrogens with zero attached hydrogens (tertiary/aromatic N) is 1. The van der Waals surface area contributed by atoms with Crippen molar-refractivity contribution >= 4 is 23.5 Å². The van der Waals surface area contributed by atoms with Crippen LogP contribution < -0.4 is 15.4 Å². The van der Waals surface area contributed by atoms with E-state index in [1.54, 1.807) is 6.07 Å². The van der Waals surface area contributed by atoms with Crippen molar-refractivity contribution in [3.63, 3.8) is 0 Å². The molecule has 0 radical (unpaired) electrons. The summed E-state index contributed by atoms with van der Waals surface area (Å²) in [7, 11) is 0. The van der Waals surface area contributed by atoms with Crippen molar-refractivity contribution in [3.8, 4) is 0 Å². The van der Waals surface area contributed by atoms with Gasteiger partial charge in [-0.1, -0.05) is 55.1 Å². The van der Waals surface area contributed by atoms with Gasteiger partial charge in [0.2, 0.25) is 0 Å². The Morgan fingerprint density at radius 3 is 2.25 bits per heavy atom. The maximum atomic E-state index is 13.1. The van der Waals surface area contributed by atoms with E-state index in [0.29, 0.717) is 10.8 Å². The van der Waals surface area contributed by atoms with Gasteiger partial charge in [0.15, 0.2) is 12.5 Å². The van der Waals surface area contributed by atoms with Crippen molar-refractivity contribution in [1.82, 2.24) is 5.32 Å². The molecule has 3 N–H and O–H groups in total. The maximum Gasteiger partial charge on any atom is 0.319 e. The highest BCUT2D eigenvalue weighted by Crippen LogP contribution is 2.55. The van der Waals surface area contributed by atoms with Gasteiger partial charge in [0.25, 0.3) is 5.03 Å².